The summed E-state index contributed by atoms with van der Waals surface area (Å²) in [5.41, 5.74) is 0. The molecule has 0 aromatic carbocycles. The van der Waals surface area contributed by atoms with Gasteiger partial charge in [0.05, 0.1) is 19.8 Å². The number of hydrogen-bond acceptors (Lipinski definition) is 15. The Kier molecular flexibility index (Phi) is 33.5. The Bertz CT molecular complexity index is 1110. The highest BCUT2D eigenvalue weighted by atomic mass is 16.7. The van der Waals surface area contributed by atoms with E-state index in [1.165, 1.54) is 122 Å². The minimum Gasteiger partial charge on any atom is -0.462 e. The molecule has 2 saturated heterocycles. The van der Waals surface area contributed by atoms with Gasteiger partial charge in [-0.25, -0.2) is 0 Å². The van der Waals surface area contributed by atoms with Crippen LogP contribution >= 0.6 is 0 Å². The molecule has 7 N–H and O–H groups in total. The largest absolute Gasteiger partial charge is 0.462 e. The maximum atomic E-state index is 13.0. The van der Waals surface area contributed by atoms with Crippen LogP contribution in [0.3, 0.4) is 0 Å². The third-order valence-electron chi connectivity index (χ3n) is 12.3. The fraction of sp³-hybridized carbons (Fsp3) is 0.958. The zero-order chi connectivity index (χ0) is 46.1. The summed E-state index contributed by atoms with van der Waals surface area (Å²) < 4.78 is 33.5. The van der Waals surface area contributed by atoms with Crippen molar-refractivity contribution in [1.82, 2.24) is 0 Å². The summed E-state index contributed by atoms with van der Waals surface area (Å²) in [6.45, 7) is 2.60. The van der Waals surface area contributed by atoms with Crippen LogP contribution in [0.15, 0.2) is 0 Å². The Balaban J connectivity index is 1.80. The number of unbranched alkanes of at least 4 members (excludes halogenated alkanes) is 25. The van der Waals surface area contributed by atoms with E-state index in [1.54, 1.807) is 0 Å². The lowest BCUT2D eigenvalue weighted by Crippen LogP contribution is -2.61. The lowest BCUT2D eigenvalue weighted by molar-refractivity contribution is -0.332. The maximum Gasteiger partial charge on any atom is 0.306 e. The molecule has 0 spiro atoms. The molecule has 15 heteroatoms. The number of aliphatic hydroxyl groups excluding tert-OH is 7. The average molecular weight is 907 g/mol. The third-order valence-corrected chi connectivity index (χ3v) is 12.3. The first kappa shape index (κ1) is 57.6. The zero-order valence-electron chi connectivity index (χ0n) is 39.1. The third kappa shape index (κ3) is 25.3. The van der Waals surface area contributed by atoms with Gasteiger partial charge in [0.25, 0.3) is 0 Å². The standard InChI is InChI=1S/C48H90O15/c1-3-5-7-9-11-13-15-16-17-18-19-20-21-23-25-27-29-31-40(51)61-36(33-58-39(50)30-28-26-24-22-14-12-10-8-6-4-2)34-59-47-46(57)44(55)42(53)38(63-47)35-60-48-45(56)43(54)41(52)37(32-49)62-48/h36-38,41-49,52-57H,3-35H2,1-2H3. The van der Waals surface area contributed by atoms with Crippen molar-refractivity contribution >= 4 is 11.9 Å². The number of ether oxygens (including phenoxy) is 6. The maximum absolute atomic E-state index is 13.0. The van der Waals surface area contributed by atoms with Crippen LogP contribution in [0, 0.1) is 0 Å². The van der Waals surface area contributed by atoms with E-state index in [1.807, 2.05) is 0 Å². The van der Waals surface area contributed by atoms with Crippen LogP contribution in [-0.4, -0.2) is 142 Å². The number of hydrogen-bond donors (Lipinski definition) is 7. The fourth-order valence-electron chi connectivity index (χ4n) is 8.16. The highest BCUT2D eigenvalue weighted by Crippen LogP contribution is 2.26. The van der Waals surface area contributed by atoms with Crippen LogP contribution in [0.2, 0.25) is 0 Å². The van der Waals surface area contributed by atoms with Gasteiger partial charge in [-0.05, 0) is 12.8 Å². The van der Waals surface area contributed by atoms with E-state index in [0.29, 0.717) is 12.8 Å². The highest BCUT2D eigenvalue weighted by Gasteiger charge is 2.47. The molecule has 0 saturated carbocycles. The van der Waals surface area contributed by atoms with Crippen LogP contribution < -0.4 is 0 Å². The molecule has 15 nitrogen and oxygen atoms in total. The van der Waals surface area contributed by atoms with E-state index < -0.39 is 92.7 Å². The van der Waals surface area contributed by atoms with Crippen molar-refractivity contribution in [2.75, 3.05) is 26.4 Å². The van der Waals surface area contributed by atoms with Crippen molar-refractivity contribution in [1.29, 1.82) is 0 Å². The van der Waals surface area contributed by atoms with E-state index in [9.17, 15) is 45.3 Å². The summed E-state index contributed by atoms with van der Waals surface area (Å²) >= 11 is 0. The molecule has 2 aliphatic heterocycles. The SMILES string of the molecule is CCCCCCCCCCCCCCCCCCCC(=O)OC(COC(=O)CCCCCCCCCCCC)COC1OC(COC2OC(CO)C(O)C(O)C2O)C(O)C(O)C1O. The molecule has 0 radical (unpaired) electrons. The molecule has 0 aromatic heterocycles. The predicted molar refractivity (Wildman–Crippen MR) is 238 cm³/mol. The van der Waals surface area contributed by atoms with Crippen molar-refractivity contribution in [3.05, 3.63) is 0 Å². The van der Waals surface area contributed by atoms with E-state index in [-0.39, 0.29) is 26.1 Å². The van der Waals surface area contributed by atoms with Crippen LogP contribution in [-0.2, 0) is 38.0 Å². The number of aliphatic hydroxyl groups is 7. The summed E-state index contributed by atoms with van der Waals surface area (Å²) in [5, 5.41) is 71.9. The Morgan fingerprint density at radius 2 is 0.810 bits per heavy atom. The fourth-order valence-corrected chi connectivity index (χ4v) is 8.16. The van der Waals surface area contributed by atoms with Gasteiger partial charge in [-0.2, -0.15) is 0 Å². The molecule has 0 aromatic rings. The number of rotatable bonds is 39. The summed E-state index contributed by atoms with van der Waals surface area (Å²) in [5.74, 6) is -0.914. The molecule has 2 rings (SSSR count). The van der Waals surface area contributed by atoms with Crippen LogP contribution in [0.25, 0.3) is 0 Å². The molecule has 0 aliphatic carbocycles. The lowest BCUT2D eigenvalue weighted by Gasteiger charge is -2.42. The summed E-state index contributed by atoms with van der Waals surface area (Å²) in [4.78, 5) is 25.7. The van der Waals surface area contributed by atoms with Gasteiger partial charge >= 0.3 is 11.9 Å². The van der Waals surface area contributed by atoms with Crippen molar-refractivity contribution in [3.8, 4) is 0 Å². The van der Waals surface area contributed by atoms with E-state index >= 15 is 0 Å². The van der Waals surface area contributed by atoms with Crippen molar-refractivity contribution in [2.24, 2.45) is 0 Å². The minimum absolute atomic E-state index is 0.173. The Hall–Kier alpha value is -1.50. The molecule has 0 bridgehead atoms. The highest BCUT2D eigenvalue weighted by molar-refractivity contribution is 5.70. The van der Waals surface area contributed by atoms with Gasteiger partial charge in [0.2, 0.25) is 0 Å². The molecule has 0 amide bonds. The zero-order valence-corrected chi connectivity index (χ0v) is 39.1. The summed E-state index contributed by atoms with van der Waals surface area (Å²) in [7, 11) is 0. The quantitative estimate of drug-likeness (QED) is 0.0260. The molecular formula is C48H90O15. The second-order valence-corrected chi connectivity index (χ2v) is 18.0. The van der Waals surface area contributed by atoms with Crippen LogP contribution in [0.5, 0.6) is 0 Å². The number of esters is 2. The summed E-state index contributed by atoms with van der Waals surface area (Å²) in [6.07, 6.45) is 15.7. The van der Waals surface area contributed by atoms with Gasteiger partial charge in [0, 0.05) is 12.8 Å². The first-order chi connectivity index (χ1) is 30.5. The van der Waals surface area contributed by atoms with Crippen molar-refractivity contribution in [3.63, 3.8) is 0 Å². The van der Waals surface area contributed by atoms with Gasteiger partial charge in [-0.3, -0.25) is 9.59 Å². The number of carbonyl (C=O) groups excluding carboxylic acids is 2. The topological polar surface area (TPSA) is 231 Å². The molecule has 2 fully saturated rings. The summed E-state index contributed by atoms with van der Waals surface area (Å²) in [6, 6.07) is 0. The van der Waals surface area contributed by atoms with Gasteiger partial charge in [0.1, 0.15) is 55.4 Å². The van der Waals surface area contributed by atoms with Crippen molar-refractivity contribution in [2.45, 2.75) is 268 Å². The van der Waals surface area contributed by atoms with Crippen molar-refractivity contribution < 1.29 is 73.8 Å². The van der Waals surface area contributed by atoms with Gasteiger partial charge in [0.15, 0.2) is 18.7 Å². The first-order valence-corrected chi connectivity index (χ1v) is 25.1. The molecule has 11 unspecified atom stereocenters. The molecule has 372 valence electrons. The second kappa shape index (κ2) is 36.6. The lowest BCUT2D eigenvalue weighted by atomic mass is 9.98. The molecular weight excluding hydrogens is 817 g/mol. The number of carbonyl (C=O) groups is 2. The molecule has 2 aliphatic rings. The molecule has 63 heavy (non-hydrogen) atoms. The second-order valence-electron chi connectivity index (χ2n) is 18.0. The van der Waals surface area contributed by atoms with E-state index in [4.69, 9.17) is 28.4 Å². The predicted octanol–water partition coefficient (Wildman–Crippen LogP) is 6.43. The molecule has 2 heterocycles. The van der Waals surface area contributed by atoms with Gasteiger partial charge in [-0.1, -0.05) is 174 Å². The Morgan fingerprint density at radius 1 is 0.444 bits per heavy atom. The Labute approximate surface area is 378 Å². The van der Waals surface area contributed by atoms with Gasteiger partial charge in [-0.15, -0.1) is 0 Å². The van der Waals surface area contributed by atoms with Gasteiger partial charge < -0.3 is 64.2 Å². The normalized spacial score (nSPS) is 26.7. The van der Waals surface area contributed by atoms with Crippen LogP contribution in [0.1, 0.15) is 200 Å². The average Bonchev–Trinajstić information content (AvgIpc) is 3.28. The molecule has 11 atom stereocenters. The monoisotopic (exact) mass is 907 g/mol. The van der Waals surface area contributed by atoms with E-state index in [0.717, 1.165) is 38.5 Å². The van der Waals surface area contributed by atoms with Crippen LogP contribution in [0.4, 0.5) is 0 Å². The minimum atomic E-state index is -1.76. The van der Waals surface area contributed by atoms with E-state index in [2.05, 4.69) is 13.8 Å². The smallest absolute Gasteiger partial charge is 0.306 e. The Morgan fingerprint density at radius 3 is 1.24 bits per heavy atom. The first-order valence-electron chi connectivity index (χ1n) is 25.1.